The zero-order valence-electron chi connectivity index (χ0n) is 19.5. The number of hydrogen-bond donors (Lipinski definition) is 0. The minimum Gasteiger partial charge on any atom is -0.490 e. The zero-order valence-corrected chi connectivity index (χ0v) is 19.5. The van der Waals surface area contributed by atoms with Crippen molar-refractivity contribution in [3.63, 3.8) is 0 Å². The molecule has 0 N–H and O–H groups in total. The van der Waals surface area contributed by atoms with E-state index in [-0.39, 0.29) is 6.10 Å². The number of nitrogens with zero attached hydrogens (tertiary/aromatic N) is 4. The van der Waals surface area contributed by atoms with Crippen LogP contribution in [0.2, 0.25) is 0 Å². The fourth-order valence-electron chi connectivity index (χ4n) is 5.12. The van der Waals surface area contributed by atoms with E-state index in [1.165, 1.54) is 37.1 Å². The molecule has 0 amide bonds. The van der Waals surface area contributed by atoms with Gasteiger partial charge < -0.3 is 9.26 Å². The van der Waals surface area contributed by atoms with Gasteiger partial charge in [0.15, 0.2) is 0 Å². The van der Waals surface area contributed by atoms with Gasteiger partial charge in [-0.1, -0.05) is 30.3 Å². The summed E-state index contributed by atoms with van der Waals surface area (Å²) < 4.78 is 11.3. The van der Waals surface area contributed by atoms with Crippen LogP contribution in [-0.2, 0) is 6.42 Å². The average Bonchev–Trinajstić information content (AvgIpc) is 3.47. The fraction of sp³-hybridized carbons (Fsp3) is 0.444. The van der Waals surface area contributed by atoms with Crippen LogP contribution in [0.3, 0.4) is 0 Å². The lowest BCUT2D eigenvalue weighted by molar-refractivity contribution is 0.137. The molecule has 1 atom stereocenters. The second-order valence-corrected chi connectivity index (χ2v) is 9.56. The maximum Gasteiger partial charge on any atom is 0.258 e. The first-order valence-electron chi connectivity index (χ1n) is 11.9. The molecule has 3 aromatic rings. The fourth-order valence-corrected chi connectivity index (χ4v) is 5.12. The van der Waals surface area contributed by atoms with Gasteiger partial charge in [0.1, 0.15) is 11.8 Å². The maximum atomic E-state index is 9.54. The highest BCUT2D eigenvalue weighted by Crippen LogP contribution is 2.41. The van der Waals surface area contributed by atoms with Crippen molar-refractivity contribution in [3.8, 4) is 34.7 Å². The summed E-state index contributed by atoms with van der Waals surface area (Å²) >= 11 is 0. The quantitative estimate of drug-likeness (QED) is 0.498. The van der Waals surface area contributed by atoms with Gasteiger partial charge >= 0.3 is 0 Å². The molecule has 0 radical (unpaired) electrons. The Balaban J connectivity index is 1.42. The van der Waals surface area contributed by atoms with Crippen molar-refractivity contribution in [1.82, 2.24) is 15.0 Å². The monoisotopic (exact) mass is 442 g/mol. The smallest absolute Gasteiger partial charge is 0.258 e. The Hall–Kier alpha value is -3.17. The number of ether oxygens (including phenoxy) is 1. The number of fused-ring (bicyclic) bond motifs is 1. The molecule has 0 saturated carbocycles. The van der Waals surface area contributed by atoms with E-state index >= 15 is 0 Å². The first kappa shape index (κ1) is 21.7. The molecule has 2 aliphatic rings. The van der Waals surface area contributed by atoms with Crippen LogP contribution in [0.1, 0.15) is 62.8 Å². The lowest BCUT2D eigenvalue weighted by atomic mass is 9.96. The van der Waals surface area contributed by atoms with E-state index < -0.39 is 0 Å². The molecule has 2 heterocycles. The van der Waals surface area contributed by atoms with E-state index in [4.69, 9.17) is 14.2 Å². The molecule has 170 valence electrons. The predicted molar refractivity (Wildman–Crippen MR) is 127 cm³/mol. The van der Waals surface area contributed by atoms with E-state index in [1.54, 1.807) is 12.1 Å². The molecule has 0 bridgehead atoms. The molecule has 5 rings (SSSR count). The summed E-state index contributed by atoms with van der Waals surface area (Å²) in [4.78, 5) is 7.35. The Morgan fingerprint density at radius 2 is 1.97 bits per heavy atom. The Bertz CT molecular complexity index is 1190. The lowest BCUT2D eigenvalue weighted by Gasteiger charge is -2.35. The summed E-state index contributed by atoms with van der Waals surface area (Å²) in [6.45, 7) is 8.59. The second-order valence-electron chi connectivity index (χ2n) is 9.56. The van der Waals surface area contributed by atoms with E-state index in [9.17, 15) is 5.26 Å². The standard InChI is InChI=1S/C27H30N4O2/c1-17(2)32-25-10-7-19(15-20(25)16-28)27-29-26(30-33-27)23-6-4-5-22-21(23)8-9-24(22)31-13-11-18(3)12-14-31/h4-7,10,15,17-18,24H,8-9,11-14H2,1-3H3. The van der Waals surface area contributed by atoms with Gasteiger partial charge in [-0.2, -0.15) is 10.2 Å². The van der Waals surface area contributed by atoms with Gasteiger partial charge in [0.2, 0.25) is 5.82 Å². The van der Waals surface area contributed by atoms with Crippen molar-refractivity contribution in [3.05, 3.63) is 53.1 Å². The van der Waals surface area contributed by atoms with E-state index in [0.717, 1.165) is 24.3 Å². The largest absolute Gasteiger partial charge is 0.490 e. The van der Waals surface area contributed by atoms with Crippen LogP contribution in [-0.4, -0.2) is 34.2 Å². The Morgan fingerprint density at radius 3 is 2.73 bits per heavy atom. The summed E-state index contributed by atoms with van der Waals surface area (Å²) in [6.07, 6.45) is 4.74. The maximum absolute atomic E-state index is 9.54. The van der Waals surface area contributed by atoms with Gasteiger partial charge in [-0.15, -0.1) is 0 Å². The topological polar surface area (TPSA) is 75.2 Å². The molecule has 1 aliphatic heterocycles. The van der Waals surface area contributed by atoms with Crippen LogP contribution >= 0.6 is 0 Å². The number of benzene rings is 2. The molecule has 1 aromatic heterocycles. The zero-order chi connectivity index (χ0) is 22.9. The molecule has 1 saturated heterocycles. The molecule has 1 unspecified atom stereocenters. The van der Waals surface area contributed by atoms with E-state index in [1.807, 2.05) is 19.9 Å². The van der Waals surface area contributed by atoms with Crippen LogP contribution in [0.5, 0.6) is 5.75 Å². The summed E-state index contributed by atoms with van der Waals surface area (Å²) in [5.74, 6) is 2.42. The second kappa shape index (κ2) is 8.99. The Labute approximate surface area is 195 Å². The molecular formula is C27H30N4O2. The van der Waals surface area contributed by atoms with Crippen molar-refractivity contribution in [2.24, 2.45) is 5.92 Å². The Kier molecular flexibility index (Phi) is 5.90. The molecule has 1 fully saturated rings. The minimum absolute atomic E-state index is 0.00436. The SMILES string of the molecule is CC1CCN(C2CCc3c(-c4noc(-c5ccc(OC(C)C)c(C#N)c5)n4)cccc32)CC1. The van der Waals surface area contributed by atoms with Crippen LogP contribution < -0.4 is 4.74 Å². The highest BCUT2D eigenvalue weighted by atomic mass is 16.5. The van der Waals surface area contributed by atoms with E-state index in [0.29, 0.717) is 34.6 Å². The highest BCUT2D eigenvalue weighted by Gasteiger charge is 2.32. The van der Waals surface area contributed by atoms with E-state index in [2.05, 4.69) is 41.2 Å². The van der Waals surface area contributed by atoms with Crippen LogP contribution in [0.4, 0.5) is 0 Å². The number of rotatable bonds is 5. The molecule has 6 heteroatoms. The van der Waals surface area contributed by atoms with Crippen molar-refractivity contribution < 1.29 is 9.26 Å². The number of nitriles is 1. The van der Waals surface area contributed by atoms with Crippen LogP contribution in [0, 0.1) is 17.2 Å². The number of piperidine rings is 1. The molecule has 1 aliphatic carbocycles. The van der Waals surface area contributed by atoms with Gasteiger partial charge in [0.05, 0.1) is 11.7 Å². The highest BCUT2D eigenvalue weighted by molar-refractivity contribution is 5.67. The average molecular weight is 443 g/mol. The summed E-state index contributed by atoms with van der Waals surface area (Å²) in [5, 5.41) is 13.8. The first-order valence-corrected chi connectivity index (χ1v) is 11.9. The van der Waals surface area contributed by atoms with Crippen LogP contribution in [0.15, 0.2) is 40.9 Å². The summed E-state index contributed by atoms with van der Waals surface area (Å²) in [7, 11) is 0. The van der Waals surface area contributed by atoms with Gasteiger partial charge in [0.25, 0.3) is 5.89 Å². The normalized spacial score (nSPS) is 18.9. The number of likely N-dealkylation sites (tertiary alicyclic amines) is 1. The van der Waals surface area contributed by atoms with Gasteiger partial charge in [-0.25, -0.2) is 0 Å². The third kappa shape index (κ3) is 4.26. The van der Waals surface area contributed by atoms with Gasteiger partial charge in [-0.3, -0.25) is 4.90 Å². The van der Waals surface area contributed by atoms with Crippen molar-refractivity contribution in [2.75, 3.05) is 13.1 Å². The summed E-state index contributed by atoms with van der Waals surface area (Å²) in [5.41, 5.74) is 4.98. The number of aromatic nitrogens is 2. The lowest BCUT2D eigenvalue weighted by Crippen LogP contribution is -2.35. The molecule has 33 heavy (non-hydrogen) atoms. The molecular weight excluding hydrogens is 412 g/mol. The Morgan fingerprint density at radius 1 is 1.15 bits per heavy atom. The first-order chi connectivity index (χ1) is 16.0. The third-order valence-corrected chi connectivity index (χ3v) is 6.87. The molecule has 6 nitrogen and oxygen atoms in total. The third-order valence-electron chi connectivity index (χ3n) is 6.87. The van der Waals surface area contributed by atoms with Gasteiger partial charge in [-0.05, 0) is 87.9 Å². The van der Waals surface area contributed by atoms with Crippen molar-refractivity contribution in [2.45, 2.75) is 58.6 Å². The molecule has 2 aromatic carbocycles. The predicted octanol–water partition coefficient (Wildman–Crippen LogP) is 5.78. The summed E-state index contributed by atoms with van der Waals surface area (Å²) in [6, 6.07) is 14.6. The van der Waals surface area contributed by atoms with Crippen LogP contribution in [0.25, 0.3) is 22.8 Å². The van der Waals surface area contributed by atoms with Gasteiger partial charge in [0, 0.05) is 17.2 Å². The van der Waals surface area contributed by atoms with Crippen molar-refractivity contribution >= 4 is 0 Å². The minimum atomic E-state index is -0.00436. The van der Waals surface area contributed by atoms with Crippen molar-refractivity contribution in [1.29, 1.82) is 5.26 Å². The number of hydrogen-bond acceptors (Lipinski definition) is 6. The molecule has 0 spiro atoms.